The number of benzene rings is 1. The normalized spacial score (nSPS) is 14.8. The highest BCUT2D eigenvalue weighted by Crippen LogP contribution is 2.22. The molecule has 0 heterocycles. The van der Waals surface area contributed by atoms with E-state index in [4.69, 9.17) is 9.47 Å². The zero-order valence-electron chi connectivity index (χ0n) is 13.2. The van der Waals surface area contributed by atoms with E-state index in [1.165, 1.54) is 17.5 Å². The Labute approximate surface area is 131 Å². The van der Waals surface area contributed by atoms with Gasteiger partial charge in [0.1, 0.15) is 0 Å². The fourth-order valence-corrected chi connectivity index (χ4v) is 2.56. The van der Waals surface area contributed by atoms with Gasteiger partial charge >= 0.3 is 5.97 Å². The predicted molar refractivity (Wildman–Crippen MR) is 82.8 cm³/mol. The van der Waals surface area contributed by atoms with Crippen LogP contribution in [0.15, 0.2) is 18.2 Å². The van der Waals surface area contributed by atoms with Crippen molar-refractivity contribution in [2.24, 2.45) is 0 Å². The number of amides is 1. The molecule has 0 aromatic heterocycles. The molecule has 1 aliphatic carbocycles. The zero-order valence-corrected chi connectivity index (χ0v) is 13.2. The van der Waals surface area contributed by atoms with Gasteiger partial charge in [0.2, 0.25) is 0 Å². The summed E-state index contributed by atoms with van der Waals surface area (Å²) in [6.45, 7) is 2.39. The number of aryl methyl sites for hydroxylation is 2. The van der Waals surface area contributed by atoms with E-state index in [0.29, 0.717) is 18.7 Å². The summed E-state index contributed by atoms with van der Waals surface area (Å²) in [6.07, 6.45) is 3.62. The van der Waals surface area contributed by atoms with E-state index in [9.17, 15) is 9.59 Å². The lowest BCUT2D eigenvalue weighted by atomic mass is 9.90. The Morgan fingerprint density at radius 1 is 1.23 bits per heavy atom. The smallest absolute Gasteiger partial charge is 0.338 e. The van der Waals surface area contributed by atoms with Crippen molar-refractivity contribution >= 4 is 11.9 Å². The van der Waals surface area contributed by atoms with E-state index in [1.807, 2.05) is 12.1 Å². The van der Waals surface area contributed by atoms with E-state index in [2.05, 4.69) is 5.32 Å². The Morgan fingerprint density at radius 3 is 2.68 bits per heavy atom. The van der Waals surface area contributed by atoms with E-state index in [0.717, 1.165) is 19.3 Å². The van der Waals surface area contributed by atoms with Gasteiger partial charge in [-0.25, -0.2) is 4.79 Å². The molecule has 0 saturated heterocycles. The van der Waals surface area contributed by atoms with E-state index in [1.54, 1.807) is 20.1 Å². The van der Waals surface area contributed by atoms with Gasteiger partial charge in [-0.3, -0.25) is 4.79 Å². The number of methoxy groups -OCH3 is 1. The average Bonchev–Trinajstić information content (AvgIpc) is 2.54. The van der Waals surface area contributed by atoms with Crippen LogP contribution in [0, 0.1) is 0 Å². The highest BCUT2D eigenvalue weighted by molar-refractivity contribution is 5.92. The van der Waals surface area contributed by atoms with Crippen molar-refractivity contribution in [3.05, 3.63) is 34.9 Å². The molecule has 1 N–H and O–H groups in total. The molecule has 5 nitrogen and oxygen atoms in total. The monoisotopic (exact) mass is 305 g/mol. The van der Waals surface area contributed by atoms with Gasteiger partial charge in [0, 0.05) is 13.7 Å². The maximum absolute atomic E-state index is 12.1. The zero-order chi connectivity index (χ0) is 15.9. The number of carbonyl (C=O) groups excluding carboxylic acids is 2. The Kier molecular flexibility index (Phi) is 5.95. The van der Waals surface area contributed by atoms with E-state index in [-0.39, 0.29) is 5.91 Å². The van der Waals surface area contributed by atoms with Crippen molar-refractivity contribution in [3.63, 3.8) is 0 Å². The topological polar surface area (TPSA) is 64.6 Å². The molecule has 0 fully saturated rings. The predicted octanol–water partition coefficient (Wildman–Crippen LogP) is 1.87. The molecule has 0 saturated carbocycles. The molecule has 0 spiro atoms. The molecule has 5 heteroatoms. The van der Waals surface area contributed by atoms with Crippen molar-refractivity contribution < 1.29 is 19.1 Å². The molecular weight excluding hydrogens is 282 g/mol. The van der Waals surface area contributed by atoms with Crippen LogP contribution < -0.4 is 5.32 Å². The first kappa shape index (κ1) is 16.5. The van der Waals surface area contributed by atoms with Crippen LogP contribution in [0.3, 0.4) is 0 Å². The first-order valence-corrected chi connectivity index (χ1v) is 7.71. The summed E-state index contributed by atoms with van der Waals surface area (Å²) in [5.74, 6) is -0.772. The maximum Gasteiger partial charge on any atom is 0.338 e. The van der Waals surface area contributed by atoms with Crippen LogP contribution in [0.2, 0.25) is 0 Å². The number of nitrogens with one attached hydrogen (secondary N) is 1. The van der Waals surface area contributed by atoms with Gasteiger partial charge in [-0.2, -0.15) is 0 Å². The fourth-order valence-electron chi connectivity index (χ4n) is 2.56. The molecule has 1 amide bonds. The van der Waals surface area contributed by atoms with Crippen LogP contribution in [0.5, 0.6) is 0 Å². The number of hydrogen-bond acceptors (Lipinski definition) is 4. The summed E-state index contributed by atoms with van der Waals surface area (Å²) in [5.41, 5.74) is 3.04. The number of rotatable bonds is 6. The van der Waals surface area contributed by atoms with Crippen LogP contribution in [0.25, 0.3) is 0 Å². The highest BCUT2D eigenvalue weighted by Gasteiger charge is 2.19. The molecule has 22 heavy (non-hydrogen) atoms. The third kappa shape index (κ3) is 4.31. The molecule has 1 aliphatic rings. The maximum atomic E-state index is 12.1. The van der Waals surface area contributed by atoms with Crippen LogP contribution >= 0.6 is 0 Å². The molecule has 0 aliphatic heterocycles. The number of fused-ring (bicyclic) bond motifs is 1. The van der Waals surface area contributed by atoms with Gasteiger partial charge in [0.15, 0.2) is 6.10 Å². The summed E-state index contributed by atoms with van der Waals surface area (Å²) in [6, 6.07) is 5.67. The molecule has 0 unspecified atom stereocenters. The molecule has 1 aromatic carbocycles. The second-order valence-electron chi connectivity index (χ2n) is 5.52. The van der Waals surface area contributed by atoms with Gasteiger partial charge < -0.3 is 14.8 Å². The Balaban J connectivity index is 1.92. The first-order valence-electron chi connectivity index (χ1n) is 7.71. The number of carbonyl (C=O) groups is 2. The summed E-state index contributed by atoms with van der Waals surface area (Å²) in [5, 5.41) is 2.65. The third-order valence-corrected chi connectivity index (χ3v) is 3.84. The van der Waals surface area contributed by atoms with Crippen molar-refractivity contribution in [3.8, 4) is 0 Å². The minimum absolute atomic E-state index is 0.316. The summed E-state index contributed by atoms with van der Waals surface area (Å²) in [4.78, 5) is 23.9. The summed E-state index contributed by atoms with van der Waals surface area (Å²) >= 11 is 0. The molecule has 0 bridgehead atoms. The molecule has 1 atom stereocenters. The fraction of sp³-hybridized carbons (Fsp3) is 0.529. The van der Waals surface area contributed by atoms with Gasteiger partial charge in [-0.15, -0.1) is 0 Å². The molecule has 2 rings (SSSR count). The van der Waals surface area contributed by atoms with Crippen LogP contribution in [-0.4, -0.2) is 38.2 Å². The number of esters is 1. The van der Waals surface area contributed by atoms with E-state index < -0.39 is 12.1 Å². The second kappa shape index (κ2) is 7.94. The van der Waals surface area contributed by atoms with Crippen molar-refractivity contribution in [1.82, 2.24) is 5.32 Å². The van der Waals surface area contributed by atoms with Crippen LogP contribution in [0.1, 0.15) is 41.3 Å². The highest BCUT2D eigenvalue weighted by atomic mass is 16.5. The third-order valence-electron chi connectivity index (χ3n) is 3.84. The number of ether oxygens (including phenoxy) is 2. The van der Waals surface area contributed by atoms with Gasteiger partial charge in [-0.05, 0) is 55.9 Å². The molecule has 120 valence electrons. The lowest BCUT2D eigenvalue weighted by Gasteiger charge is -2.17. The van der Waals surface area contributed by atoms with Crippen molar-refractivity contribution in [2.75, 3.05) is 20.3 Å². The quantitative estimate of drug-likeness (QED) is 0.644. The van der Waals surface area contributed by atoms with E-state index >= 15 is 0 Å². The minimum Gasteiger partial charge on any atom is -0.449 e. The van der Waals surface area contributed by atoms with Gasteiger partial charge in [0.05, 0.1) is 12.2 Å². The lowest BCUT2D eigenvalue weighted by molar-refractivity contribution is -0.129. The van der Waals surface area contributed by atoms with Crippen LogP contribution in [-0.2, 0) is 27.1 Å². The van der Waals surface area contributed by atoms with Gasteiger partial charge in [-0.1, -0.05) is 6.07 Å². The van der Waals surface area contributed by atoms with Gasteiger partial charge in [0.25, 0.3) is 5.91 Å². The number of hydrogen-bond donors (Lipinski definition) is 1. The summed E-state index contributed by atoms with van der Waals surface area (Å²) in [7, 11) is 1.56. The summed E-state index contributed by atoms with van der Waals surface area (Å²) < 4.78 is 10.1. The Bertz CT molecular complexity index is 541. The van der Waals surface area contributed by atoms with Crippen molar-refractivity contribution in [1.29, 1.82) is 0 Å². The molecular formula is C17H23NO4. The standard InChI is InChI=1S/C17H23NO4/c1-12(16(19)18-9-10-21-2)22-17(20)15-8-7-13-5-3-4-6-14(13)11-15/h7-8,11-12H,3-6,9-10H2,1-2H3,(H,18,19)/t12-/m0/s1. The average molecular weight is 305 g/mol. The molecule has 0 radical (unpaired) electrons. The molecule has 1 aromatic rings. The lowest BCUT2D eigenvalue weighted by Crippen LogP contribution is -2.37. The minimum atomic E-state index is -0.819. The first-order chi connectivity index (χ1) is 10.6. The van der Waals surface area contributed by atoms with Crippen LogP contribution in [0.4, 0.5) is 0 Å². The SMILES string of the molecule is COCCNC(=O)[C@H](C)OC(=O)c1ccc2c(c1)CCCC2. The Morgan fingerprint density at radius 2 is 1.95 bits per heavy atom. The van der Waals surface area contributed by atoms with Crippen molar-refractivity contribution in [2.45, 2.75) is 38.7 Å². The second-order valence-corrected chi connectivity index (χ2v) is 5.52. The largest absolute Gasteiger partial charge is 0.449 e. The Hall–Kier alpha value is -1.88.